The Labute approximate surface area is 122 Å². The maximum absolute atomic E-state index is 13.1. The van der Waals surface area contributed by atoms with E-state index in [4.69, 9.17) is 0 Å². The fourth-order valence-electron chi connectivity index (χ4n) is 1.90. The Bertz CT molecular complexity index is 663. The summed E-state index contributed by atoms with van der Waals surface area (Å²) in [5.74, 6) is 0.281. The molecule has 1 aromatic heterocycles. The summed E-state index contributed by atoms with van der Waals surface area (Å²) in [5.41, 5.74) is 1.41. The van der Waals surface area contributed by atoms with Gasteiger partial charge < -0.3 is 9.88 Å². The lowest BCUT2D eigenvalue weighted by Gasteiger charge is -2.04. The maximum Gasteiger partial charge on any atom is 0.244 e. The molecule has 1 N–H and O–H groups in total. The number of halogens is 1. The molecule has 110 valence electrons. The normalized spacial score (nSPS) is 11.5. The number of aromatic nitrogens is 3. The van der Waals surface area contributed by atoms with Crippen LogP contribution in [0, 0.1) is 5.82 Å². The predicted octanol–water partition coefficient (Wildman–Crippen LogP) is 1.72. The second-order valence-electron chi connectivity index (χ2n) is 4.74. The maximum atomic E-state index is 13.1. The Morgan fingerprint density at radius 2 is 2.29 bits per heavy atom. The van der Waals surface area contributed by atoms with Crippen LogP contribution in [0.25, 0.3) is 5.57 Å². The van der Waals surface area contributed by atoms with Crippen LogP contribution in [0.15, 0.2) is 36.7 Å². The zero-order chi connectivity index (χ0) is 15.2. The summed E-state index contributed by atoms with van der Waals surface area (Å²) < 4.78 is 14.9. The SMILES string of the molecule is CC(=CC(=O)NCCc1nncn1C)c1cccc(F)c1. The minimum Gasteiger partial charge on any atom is -0.352 e. The third-order valence-electron chi connectivity index (χ3n) is 3.08. The number of carbonyl (C=O) groups is 1. The minimum atomic E-state index is -0.317. The van der Waals surface area contributed by atoms with Gasteiger partial charge in [-0.2, -0.15) is 0 Å². The van der Waals surface area contributed by atoms with Gasteiger partial charge in [-0.25, -0.2) is 4.39 Å². The van der Waals surface area contributed by atoms with Gasteiger partial charge in [-0.15, -0.1) is 10.2 Å². The van der Waals surface area contributed by atoms with Crippen molar-refractivity contribution >= 4 is 11.5 Å². The van der Waals surface area contributed by atoms with Crippen molar-refractivity contribution in [2.45, 2.75) is 13.3 Å². The number of benzene rings is 1. The first-order valence-electron chi connectivity index (χ1n) is 6.61. The standard InChI is InChI=1S/C15H17FN4O/c1-11(12-4-3-5-13(16)9-12)8-15(21)17-7-6-14-19-18-10-20(14)2/h3-5,8-10H,6-7H2,1-2H3,(H,17,21). The summed E-state index contributed by atoms with van der Waals surface area (Å²) in [5, 5.41) is 10.5. The van der Waals surface area contributed by atoms with Gasteiger partial charge in [0.1, 0.15) is 18.0 Å². The van der Waals surface area contributed by atoms with Crippen molar-refractivity contribution in [1.82, 2.24) is 20.1 Å². The van der Waals surface area contributed by atoms with E-state index in [1.54, 1.807) is 30.0 Å². The van der Waals surface area contributed by atoms with Gasteiger partial charge in [0.15, 0.2) is 0 Å². The van der Waals surface area contributed by atoms with Crippen LogP contribution in [0.2, 0.25) is 0 Å². The lowest BCUT2D eigenvalue weighted by atomic mass is 10.1. The molecule has 1 aromatic carbocycles. The number of carbonyl (C=O) groups excluding carboxylic acids is 1. The highest BCUT2D eigenvalue weighted by molar-refractivity contribution is 5.94. The fraction of sp³-hybridized carbons (Fsp3) is 0.267. The molecule has 5 nitrogen and oxygen atoms in total. The van der Waals surface area contributed by atoms with Crippen LogP contribution < -0.4 is 5.32 Å². The van der Waals surface area contributed by atoms with Gasteiger partial charge in [0.05, 0.1) is 0 Å². The molecule has 0 saturated carbocycles. The van der Waals surface area contributed by atoms with Crippen LogP contribution in [0.5, 0.6) is 0 Å². The average molecular weight is 288 g/mol. The first-order valence-corrected chi connectivity index (χ1v) is 6.61. The first-order chi connectivity index (χ1) is 10.1. The minimum absolute atomic E-state index is 0.209. The van der Waals surface area contributed by atoms with Gasteiger partial charge >= 0.3 is 0 Å². The number of nitrogens with zero attached hydrogens (tertiary/aromatic N) is 3. The van der Waals surface area contributed by atoms with Gasteiger partial charge in [0.25, 0.3) is 0 Å². The third kappa shape index (κ3) is 4.24. The molecule has 0 unspecified atom stereocenters. The van der Waals surface area contributed by atoms with Crippen molar-refractivity contribution < 1.29 is 9.18 Å². The summed E-state index contributed by atoms with van der Waals surface area (Å²) in [6.07, 6.45) is 3.69. The molecule has 21 heavy (non-hydrogen) atoms. The molecule has 0 aliphatic carbocycles. The number of nitrogens with one attached hydrogen (secondary N) is 1. The highest BCUT2D eigenvalue weighted by Crippen LogP contribution is 2.14. The Kier molecular flexibility index (Phi) is 4.81. The molecule has 0 bridgehead atoms. The molecule has 1 amide bonds. The van der Waals surface area contributed by atoms with E-state index in [0.29, 0.717) is 24.1 Å². The molecule has 2 aromatic rings. The Morgan fingerprint density at radius 1 is 1.48 bits per heavy atom. The summed E-state index contributed by atoms with van der Waals surface area (Å²) >= 11 is 0. The van der Waals surface area contributed by atoms with Gasteiger partial charge in [-0.1, -0.05) is 12.1 Å². The van der Waals surface area contributed by atoms with Crippen LogP contribution in [0.3, 0.4) is 0 Å². The lowest BCUT2D eigenvalue weighted by molar-refractivity contribution is -0.116. The molecule has 0 saturated heterocycles. The van der Waals surface area contributed by atoms with E-state index in [1.807, 2.05) is 7.05 Å². The van der Waals surface area contributed by atoms with Crippen molar-refractivity contribution in [2.75, 3.05) is 6.54 Å². The summed E-state index contributed by atoms with van der Waals surface area (Å²) in [4.78, 5) is 11.8. The average Bonchev–Trinajstić information content (AvgIpc) is 2.84. The van der Waals surface area contributed by atoms with E-state index in [9.17, 15) is 9.18 Å². The summed E-state index contributed by atoms with van der Waals surface area (Å²) in [6.45, 7) is 2.25. The Hall–Kier alpha value is -2.50. The zero-order valence-electron chi connectivity index (χ0n) is 12.0. The van der Waals surface area contributed by atoms with Crippen LogP contribution in [-0.2, 0) is 18.3 Å². The molecule has 0 radical (unpaired) electrons. The molecule has 0 atom stereocenters. The Morgan fingerprint density at radius 3 is 2.95 bits per heavy atom. The summed E-state index contributed by atoms with van der Waals surface area (Å²) in [7, 11) is 1.85. The van der Waals surface area contributed by atoms with E-state index < -0.39 is 0 Å². The molecule has 1 heterocycles. The summed E-state index contributed by atoms with van der Waals surface area (Å²) in [6, 6.07) is 6.16. The lowest BCUT2D eigenvalue weighted by Crippen LogP contribution is -2.24. The highest BCUT2D eigenvalue weighted by atomic mass is 19.1. The van der Waals surface area contributed by atoms with Crippen molar-refractivity contribution in [3.05, 3.63) is 53.9 Å². The van der Waals surface area contributed by atoms with Crippen molar-refractivity contribution in [1.29, 1.82) is 0 Å². The molecular formula is C15H17FN4O. The van der Waals surface area contributed by atoms with E-state index in [0.717, 1.165) is 5.82 Å². The van der Waals surface area contributed by atoms with Crippen molar-refractivity contribution in [3.63, 3.8) is 0 Å². The quantitative estimate of drug-likeness (QED) is 0.852. The van der Waals surface area contributed by atoms with Gasteiger partial charge in [0, 0.05) is 26.1 Å². The van der Waals surface area contributed by atoms with Crippen molar-refractivity contribution in [3.8, 4) is 0 Å². The molecule has 0 aliphatic rings. The molecule has 0 fully saturated rings. The number of hydrogen-bond acceptors (Lipinski definition) is 3. The number of aryl methyl sites for hydroxylation is 1. The van der Waals surface area contributed by atoms with Gasteiger partial charge in [-0.05, 0) is 30.2 Å². The van der Waals surface area contributed by atoms with E-state index >= 15 is 0 Å². The fourth-order valence-corrected chi connectivity index (χ4v) is 1.90. The number of hydrogen-bond donors (Lipinski definition) is 1. The van der Waals surface area contributed by atoms with Crippen LogP contribution >= 0.6 is 0 Å². The van der Waals surface area contributed by atoms with E-state index in [-0.39, 0.29) is 11.7 Å². The van der Waals surface area contributed by atoms with Crippen LogP contribution in [-0.4, -0.2) is 27.2 Å². The second-order valence-corrected chi connectivity index (χ2v) is 4.74. The van der Waals surface area contributed by atoms with Gasteiger partial charge in [0.2, 0.25) is 5.91 Å². The smallest absolute Gasteiger partial charge is 0.244 e. The topological polar surface area (TPSA) is 59.8 Å². The molecular weight excluding hydrogens is 271 g/mol. The number of rotatable bonds is 5. The second kappa shape index (κ2) is 6.78. The number of allylic oxidation sites excluding steroid dienone is 1. The van der Waals surface area contributed by atoms with Crippen molar-refractivity contribution in [2.24, 2.45) is 7.05 Å². The van der Waals surface area contributed by atoms with Gasteiger partial charge in [-0.3, -0.25) is 4.79 Å². The predicted molar refractivity (Wildman–Crippen MR) is 77.8 cm³/mol. The highest BCUT2D eigenvalue weighted by Gasteiger charge is 2.03. The Balaban J connectivity index is 1.89. The zero-order valence-corrected chi connectivity index (χ0v) is 12.0. The van der Waals surface area contributed by atoms with E-state index in [2.05, 4.69) is 15.5 Å². The molecule has 6 heteroatoms. The molecule has 0 aliphatic heterocycles. The third-order valence-corrected chi connectivity index (χ3v) is 3.08. The first kappa shape index (κ1) is 14.9. The molecule has 2 rings (SSSR count). The number of amides is 1. The monoisotopic (exact) mass is 288 g/mol. The largest absolute Gasteiger partial charge is 0.352 e. The van der Waals surface area contributed by atoms with Crippen LogP contribution in [0.4, 0.5) is 4.39 Å². The van der Waals surface area contributed by atoms with Crippen LogP contribution in [0.1, 0.15) is 18.3 Å². The van der Waals surface area contributed by atoms with E-state index in [1.165, 1.54) is 18.2 Å². The molecule has 0 spiro atoms.